The molecule has 3 amide bonds. The van der Waals surface area contributed by atoms with Crippen molar-refractivity contribution in [2.45, 2.75) is 56.0 Å². The van der Waals surface area contributed by atoms with Crippen LogP contribution >= 0.6 is 0 Å². The third-order valence-corrected chi connectivity index (χ3v) is 8.77. The number of hydrogen-bond acceptors (Lipinski definition) is 3. The molecule has 0 unspecified atom stereocenters. The lowest BCUT2D eigenvalue weighted by atomic mass is 9.68. The Morgan fingerprint density at radius 1 is 1.03 bits per heavy atom. The Hall–Kier alpha value is -2.86. The average molecular weight is 461 g/mol. The Morgan fingerprint density at radius 2 is 1.74 bits per heavy atom. The normalized spacial score (nSPS) is 27.4. The van der Waals surface area contributed by atoms with Crippen molar-refractivity contribution in [3.63, 3.8) is 0 Å². The number of rotatable bonds is 6. The average Bonchev–Trinajstić information content (AvgIpc) is 3.08. The molecule has 2 N–H and O–H groups in total. The van der Waals surface area contributed by atoms with Gasteiger partial charge in [0.15, 0.2) is 0 Å². The van der Waals surface area contributed by atoms with Crippen LogP contribution in [-0.4, -0.2) is 54.5 Å². The number of benzene rings is 2. The van der Waals surface area contributed by atoms with Gasteiger partial charge in [-0.25, -0.2) is 4.79 Å². The molecule has 2 aliphatic carbocycles. The number of anilines is 1. The van der Waals surface area contributed by atoms with Gasteiger partial charge in [0.2, 0.25) is 5.91 Å². The number of carbonyl (C=O) groups is 2. The van der Waals surface area contributed by atoms with Crippen LogP contribution in [0.3, 0.4) is 0 Å². The second-order valence-corrected chi connectivity index (χ2v) is 10.7. The van der Waals surface area contributed by atoms with E-state index in [0.29, 0.717) is 18.0 Å². The van der Waals surface area contributed by atoms with Gasteiger partial charge >= 0.3 is 6.03 Å². The molecule has 0 bridgehead atoms. The summed E-state index contributed by atoms with van der Waals surface area (Å²) in [4.78, 5) is 32.1. The molecule has 0 aromatic heterocycles. The molecule has 1 saturated heterocycles. The Morgan fingerprint density at radius 3 is 2.32 bits per heavy atom. The van der Waals surface area contributed by atoms with Gasteiger partial charge in [0, 0.05) is 23.3 Å². The lowest BCUT2D eigenvalue weighted by molar-refractivity contribution is 0.0172. The summed E-state index contributed by atoms with van der Waals surface area (Å²) < 4.78 is 0. The Balaban J connectivity index is 1.46. The molecule has 5 rings (SSSR count). The van der Waals surface area contributed by atoms with Gasteiger partial charge in [-0.2, -0.15) is 0 Å². The van der Waals surface area contributed by atoms with Crippen LogP contribution < -0.4 is 10.6 Å². The highest BCUT2D eigenvalue weighted by Gasteiger charge is 2.55. The van der Waals surface area contributed by atoms with Crippen molar-refractivity contribution in [3.05, 3.63) is 65.7 Å². The first kappa shape index (κ1) is 22.9. The SMILES string of the molecule is CN(C)[C@]1(c2ccccc2)CC[C@]2(CC1)CN(c1cccc(C(N)=O)c1)C(=O)N2CC1CCC1. The minimum absolute atomic E-state index is 0.0169. The summed E-state index contributed by atoms with van der Waals surface area (Å²) in [6, 6.07) is 18.1. The summed E-state index contributed by atoms with van der Waals surface area (Å²) in [5.74, 6) is 0.137. The molecule has 0 radical (unpaired) electrons. The summed E-state index contributed by atoms with van der Waals surface area (Å²) in [5, 5.41) is 0. The van der Waals surface area contributed by atoms with Crippen LogP contribution in [0, 0.1) is 5.92 Å². The second kappa shape index (κ2) is 8.73. The zero-order valence-corrected chi connectivity index (χ0v) is 20.4. The van der Waals surface area contributed by atoms with Crippen molar-refractivity contribution in [1.29, 1.82) is 0 Å². The number of urea groups is 1. The molecule has 6 nitrogen and oxygen atoms in total. The molecule has 6 heteroatoms. The van der Waals surface area contributed by atoms with E-state index in [0.717, 1.165) is 37.9 Å². The number of carbonyl (C=O) groups excluding carboxylic acids is 2. The van der Waals surface area contributed by atoms with Crippen molar-refractivity contribution in [2.24, 2.45) is 11.7 Å². The molecular formula is C28H36N4O2. The molecule has 3 aliphatic rings. The molecule has 3 fully saturated rings. The van der Waals surface area contributed by atoms with Crippen LogP contribution in [0.1, 0.15) is 60.9 Å². The van der Waals surface area contributed by atoms with Crippen LogP contribution in [0.25, 0.3) is 0 Å². The van der Waals surface area contributed by atoms with Gasteiger partial charge < -0.3 is 10.6 Å². The lowest BCUT2D eigenvalue weighted by Gasteiger charge is -2.51. The van der Waals surface area contributed by atoms with E-state index in [2.05, 4.69) is 54.2 Å². The smallest absolute Gasteiger partial charge is 0.325 e. The molecule has 1 spiro atoms. The van der Waals surface area contributed by atoms with Crippen LogP contribution in [0.2, 0.25) is 0 Å². The maximum atomic E-state index is 13.8. The highest BCUT2D eigenvalue weighted by Crippen LogP contribution is 2.50. The van der Waals surface area contributed by atoms with E-state index < -0.39 is 5.91 Å². The third-order valence-electron chi connectivity index (χ3n) is 8.77. The van der Waals surface area contributed by atoms with Crippen LogP contribution in [0.15, 0.2) is 54.6 Å². The van der Waals surface area contributed by atoms with Crippen LogP contribution in [0.4, 0.5) is 10.5 Å². The fraction of sp³-hybridized carbons (Fsp3) is 0.500. The monoisotopic (exact) mass is 460 g/mol. The van der Waals surface area contributed by atoms with E-state index in [1.54, 1.807) is 12.1 Å². The van der Waals surface area contributed by atoms with E-state index >= 15 is 0 Å². The van der Waals surface area contributed by atoms with E-state index in [4.69, 9.17) is 5.73 Å². The van der Waals surface area contributed by atoms with E-state index in [-0.39, 0.29) is 17.1 Å². The largest absolute Gasteiger partial charge is 0.366 e. The highest BCUT2D eigenvalue weighted by atomic mass is 16.2. The first-order chi connectivity index (χ1) is 16.3. The van der Waals surface area contributed by atoms with Gasteiger partial charge in [-0.1, -0.05) is 42.8 Å². The van der Waals surface area contributed by atoms with Crippen molar-refractivity contribution < 1.29 is 9.59 Å². The van der Waals surface area contributed by atoms with Crippen molar-refractivity contribution >= 4 is 17.6 Å². The third kappa shape index (κ3) is 3.78. The predicted octanol–water partition coefficient (Wildman–Crippen LogP) is 4.60. The maximum Gasteiger partial charge on any atom is 0.325 e. The number of hydrogen-bond donors (Lipinski definition) is 1. The maximum absolute atomic E-state index is 13.8. The summed E-state index contributed by atoms with van der Waals surface area (Å²) in [5.41, 5.74) is 7.90. The van der Waals surface area contributed by atoms with Crippen molar-refractivity contribution in [2.75, 3.05) is 32.1 Å². The molecule has 180 valence electrons. The molecule has 2 aromatic rings. The van der Waals surface area contributed by atoms with Gasteiger partial charge in [0.05, 0.1) is 12.1 Å². The molecular weight excluding hydrogens is 424 g/mol. The zero-order chi connectivity index (χ0) is 23.9. The topological polar surface area (TPSA) is 69.9 Å². The first-order valence-electron chi connectivity index (χ1n) is 12.6. The Kier molecular flexibility index (Phi) is 5.88. The summed E-state index contributed by atoms with van der Waals surface area (Å²) >= 11 is 0. The van der Waals surface area contributed by atoms with Crippen molar-refractivity contribution in [3.8, 4) is 0 Å². The number of amides is 3. The predicted molar refractivity (Wildman–Crippen MR) is 135 cm³/mol. The van der Waals surface area contributed by atoms with Crippen LogP contribution in [0.5, 0.6) is 0 Å². The van der Waals surface area contributed by atoms with Crippen LogP contribution in [-0.2, 0) is 5.54 Å². The van der Waals surface area contributed by atoms with Crippen molar-refractivity contribution in [1.82, 2.24) is 9.80 Å². The second-order valence-electron chi connectivity index (χ2n) is 10.7. The lowest BCUT2D eigenvalue weighted by Crippen LogP contribution is -2.56. The number of nitrogens with zero attached hydrogens (tertiary/aromatic N) is 3. The fourth-order valence-electron chi connectivity index (χ4n) is 6.33. The van der Waals surface area contributed by atoms with E-state index in [1.807, 2.05) is 17.0 Å². The summed E-state index contributed by atoms with van der Waals surface area (Å²) in [6.07, 6.45) is 7.63. The minimum Gasteiger partial charge on any atom is -0.366 e. The Bertz CT molecular complexity index is 1060. The molecule has 2 aromatic carbocycles. The van der Waals surface area contributed by atoms with E-state index in [9.17, 15) is 9.59 Å². The first-order valence-corrected chi connectivity index (χ1v) is 12.6. The zero-order valence-electron chi connectivity index (χ0n) is 20.4. The van der Waals surface area contributed by atoms with Gasteiger partial charge in [-0.15, -0.1) is 0 Å². The molecule has 0 atom stereocenters. The van der Waals surface area contributed by atoms with Gasteiger partial charge in [0.25, 0.3) is 0 Å². The molecule has 1 aliphatic heterocycles. The van der Waals surface area contributed by atoms with Gasteiger partial charge in [0.1, 0.15) is 0 Å². The molecule has 2 saturated carbocycles. The number of primary amides is 1. The quantitative estimate of drug-likeness (QED) is 0.685. The summed E-state index contributed by atoms with van der Waals surface area (Å²) in [6.45, 7) is 1.50. The summed E-state index contributed by atoms with van der Waals surface area (Å²) in [7, 11) is 4.36. The van der Waals surface area contributed by atoms with E-state index in [1.165, 1.54) is 24.8 Å². The fourth-order valence-corrected chi connectivity index (χ4v) is 6.33. The standard InChI is InChI=1S/C28H36N4O2/c1-30(2)28(23-11-4-3-5-12-23)16-14-27(15-17-28)20-31(24-13-7-10-22(18-24)25(29)33)26(34)32(27)19-21-8-6-9-21/h3-5,7,10-13,18,21H,6,8-9,14-17,19-20H2,1-2H3,(H2,29,33)/t27-,28+. The van der Waals surface area contributed by atoms with Gasteiger partial charge in [-0.05, 0) is 82.3 Å². The number of nitrogens with two attached hydrogens (primary N) is 1. The van der Waals surface area contributed by atoms with Gasteiger partial charge in [-0.3, -0.25) is 14.6 Å². The molecule has 1 heterocycles. The highest BCUT2D eigenvalue weighted by molar-refractivity contribution is 5.98. The molecule has 34 heavy (non-hydrogen) atoms. The minimum atomic E-state index is -0.467. The Labute approximate surface area is 202 Å².